The van der Waals surface area contributed by atoms with Crippen molar-refractivity contribution in [3.05, 3.63) is 84.8 Å². The largest absolute Gasteiger partial charge is 0.438 e. The minimum atomic E-state index is -0.177. The monoisotopic (exact) mass is 382 g/mol. The van der Waals surface area contributed by atoms with E-state index in [0.717, 1.165) is 27.6 Å². The maximum absolute atomic E-state index is 12.6. The molecule has 0 bridgehead atoms. The molecule has 0 fully saturated rings. The number of carbonyl (C=O) groups is 1. The predicted octanol–water partition coefficient (Wildman–Crippen LogP) is 5.10. The first-order valence-corrected chi connectivity index (χ1v) is 9.24. The van der Waals surface area contributed by atoms with E-state index in [-0.39, 0.29) is 5.91 Å². The number of amides is 1. The molecule has 0 radical (unpaired) electrons. The molecular weight excluding hydrogens is 364 g/mol. The van der Waals surface area contributed by atoms with E-state index in [4.69, 9.17) is 4.74 Å². The number of aryl methyl sites for hydroxylation is 1. The number of carbonyl (C=O) groups excluding carboxylic acids is 1. The Balaban J connectivity index is 1.32. The van der Waals surface area contributed by atoms with Crippen LogP contribution in [0.2, 0.25) is 0 Å². The van der Waals surface area contributed by atoms with Crippen LogP contribution in [0, 0.1) is 0 Å². The van der Waals surface area contributed by atoms with Crippen molar-refractivity contribution in [2.75, 3.05) is 5.32 Å². The number of anilines is 1. The Kier molecular flexibility index (Phi) is 4.02. The smallest absolute Gasteiger partial charge is 0.255 e. The SMILES string of the molecule is Cn1ccc2cc(C(=O)Nc3ccc(Oc4cccc5[nH]ccc45)nc3)ccc21. The third-order valence-corrected chi connectivity index (χ3v) is 4.91. The summed E-state index contributed by atoms with van der Waals surface area (Å²) in [5.74, 6) is 1.01. The number of nitrogens with one attached hydrogen (secondary N) is 2. The third kappa shape index (κ3) is 3.21. The number of nitrogens with zero attached hydrogens (tertiary/aromatic N) is 2. The second kappa shape index (κ2) is 6.83. The van der Waals surface area contributed by atoms with Gasteiger partial charge in [0.2, 0.25) is 5.88 Å². The van der Waals surface area contributed by atoms with Crippen molar-refractivity contribution in [1.29, 1.82) is 0 Å². The molecule has 1 amide bonds. The van der Waals surface area contributed by atoms with Gasteiger partial charge in [-0.05, 0) is 48.5 Å². The van der Waals surface area contributed by atoms with Crippen LogP contribution in [0.3, 0.4) is 0 Å². The zero-order valence-electron chi connectivity index (χ0n) is 15.7. The summed E-state index contributed by atoms with van der Waals surface area (Å²) >= 11 is 0. The molecule has 0 saturated heterocycles. The van der Waals surface area contributed by atoms with Crippen LogP contribution >= 0.6 is 0 Å². The van der Waals surface area contributed by atoms with E-state index in [2.05, 4.69) is 15.3 Å². The molecule has 0 unspecified atom stereocenters. The lowest BCUT2D eigenvalue weighted by Crippen LogP contribution is -2.11. The summed E-state index contributed by atoms with van der Waals surface area (Å²) in [6, 6.07) is 18.9. The highest BCUT2D eigenvalue weighted by Gasteiger charge is 2.09. The Morgan fingerprint density at radius 1 is 1.10 bits per heavy atom. The van der Waals surface area contributed by atoms with Gasteiger partial charge >= 0.3 is 0 Å². The van der Waals surface area contributed by atoms with Gasteiger partial charge in [-0.3, -0.25) is 4.79 Å². The molecule has 0 saturated carbocycles. The molecule has 0 atom stereocenters. The molecule has 0 aliphatic carbocycles. The molecule has 29 heavy (non-hydrogen) atoms. The zero-order valence-corrected chi connectivity index (χ0v) is 15.7. The molecular formula is C23H18N4O2. The van der Waals surface area contributed by atoms with E-state index in [1.54, 1.807) is 18.3 Å². The topological polar surface area (TPSA) is 71.9 Å². The lowest BCUT2D eigenvalue weighted by molar-refractivity contribution is 0.102. The Morgan fingerprint density at radius 3 is 2.90 bits per heavy atom. The number of pyridine rings is 1. The van der Waals surface area contributed by atoms with Gasteiger partial charge in [-0.2, -0.15) is 0 Å². The number of H-pyrrole nitrogens is 1. The molecule has 142 valence electrons. The standard InChI is InChI=1S/C23H18N4O2/c1-27-12-10-15-13-16(5-7-20(15)27)23(28)26-17-6-8-22(25-14-17)29-21-4-2-3-19-18(21)9-11-24-19/h2-14,24H,1H3,(H,26,28). The van der Waals surface area contributed by atoms with Gasteiger partial charge < -0.3 is 19.6 Å². The zero-order chi connectivity index (χ0) is 19.8. The average Bonchev–Trinajstić information content (AvgIpc) is 3.37. The van der Waals surface area contributed by atoms with E-state index >= 15 is 0 Å². The molecule has 2 N–H and O–H groups in total. The first kappa shape index (κ1) is 17.1. The van der Waals surface area contributed by atoms with Crippen LogP contribution in [0.4, 0.5) is 5.69 Å². The van der Waals surface area contributed by atoms with Gasteiger partial charge in [-0.1, -0.05) is 6.07 Å². The summed E-state index contributed by atoms with van der Waals surface area (Å²) in [6.45, 7) is 0. The van der Waals surface area contributed by atoms with Gasteiger partial charge in [0.25, 0.3) is 5.91 Å². The van der Waals surface area contributed by atoms with Crippen LogP contribution in [0.25, 0.3) is 21.8 Å². The number of hydrogen-bond donors (Lipinski definition) is 2. The van der Waals surface area contributed by atoms with Crippen molar-refractivity contribution in [3.8, 4) is 11.6 Å². The summed E-state index contributed by atoms with van der Waals surface area (Å²) in [7, 11) is 1.98. The minimum absolute atomic E-state index is 0.177. The molecule has 6 heteroatoms. The molecule has 0 spiro atoms. The highest BCUT2D eigenvalue weighted by molar-refractivity contribution is 6.06. The summed E-state index contributed by atoms with van der Waals surface area (Å²) in [4.78, 5) is 20.0. The van der Waals surface area contributed by atoms with Crippen molar-refractivity contribution in [2.24, 2.45) is 7.05 Å². The number of aromatic nitrogens is 3. The van der Waals surface area contributed by atoms with E-state index in [0.29, 0.717) is 17.1 Å². The van der Waals surface area contributed by atoms with Gasteiger partial charge in [0, 0.05) is 52.9 Å². The fraction of sp³-hybridized carbons (Fsp3) is 0.0435. The number of aromatic amines is 1. The van der Waals surface area contributed by atoms with Crippen molar-refractivity contribution >= 4 is 33.4 Å². The van der Waals surface area contributed by atoms with E-state index in [1.807, 2.05) is 72.5 Å². The minimum Gasteiger partial charge on any atom is -0.438 e. The summed E-state index contributed by atoms with van der Waals surface area (Å²) in [5.41, 5.74) is 3.29. The first-order valence-electron chi connectivity index (χ1n) is 9.24. The second-order valence-corrected chi connectivity index (χ2v) is 6.84. The normalized spacial score (nSPS) is 11.1. The van der Waals surface area contributed by atoms with Crippen LogP contribution in [0.5, 0.6) is 11.6 Å². The quantitative estimate of drug-likeness (QED) is 0.454. The van der Waals surface area contributed by atoms with Gasteiger partial charge in [0.1, 0.15) is 5.75 Å². The number of benzene rings is 2. The highest BCUT2D eigenvalue weighted by atomic mass is 16.5. The number of ether oxygens (including phenoxy) is 1. The summed E-state index contributed by atoms with van der Waals surface area (Å²) in [5, 5.41) is 4.90. The van der Waals surface area contributed by atoms with Gasteiger partial charge in [-0.25, -0.2) is 4.98 Å². The Bertz CT molecular complexity index is 1330. The van der Waals surface area contributed by atoms with Gasteiger partial charge in [0.05, 0.1) is 11.9 Å². The van der Waals surface area contributed by atoms with Crippen molar-refractivity contribution < 1.29 is 9.53 Å². The fourth-order valence-electron chi connectivity index (χ4n) is 3.40. The van der Waals surface area contributed by atoms with Crippen LogP contribution in [-0.2, 0) is 7.05 Å². The number of rotatable bonds is 4. The number of fused-ring (bicyclic) bond motifs is 2. The third-order valence-electron chi connectivity index (χ3n) is 4.91. The summed E-state index contributed by atoms with van der Waals surface area (Å²) < 4.78 is 7.92. The summed E-state index contributed by atoms with van der Waals surface area (Å²) in [6.07, 6.45) is 5.44. The van der Waals surface area contributed by atoms with Crippen LogP contribution in [0.15, 0.2) is 79.3 Å². The first-order chi connectivity index (χ1) is 14.2. The van der Waals surface area contributed by atoms with Crippen molar-refractivity contribution in [3.63, 3.8) is 0 Å². The number of hydrogen-bond acceptors (Lipinski definition) is 3. The molecule has 5 aromatic rings. The maximum Gasteiger partial charge on any atom is 0.255 e. The predicted molar refractivity (Wildman–Crippen MR) is 113 cm³/mol. The average molecular weight is 382 g/mol. The molecule has 5 rings (SSSR count). The molecule has 3 aromatic heterocycles. The van der Waals surface area contributed by atoms with Crippen LogP contribution in [-0.4, -0.2) is 20.4 Å². The highest BCUT2D eigenvalue weighted by Crippen LogP contribution is 2.28. The molecule has 0 aliphatic rings. The van der Waals surface area contributed by atoms with Crippen LogP contribution < -0.4 is 10.1 Å². The maximum atomic E-state index is 12.6. The second-order valence-electron chi connectivity index (χ2n) is 6.84. The van der Waals surface area contributed by atoms with Crippen molar-refractivity contribution in [2.45, 2.75) is 0 Å². The van der Waals surface area contributed by atoms with E-state index in [1.165, 1.54) is 0 Å². The Morgan fingerprint density at radius 2 is 2.03 bits per heavy atom. The van der Waals surface area contributed by atoms with E-state index < -0.39 is 0 Å². The fourth-order valence-corrected chi connectivity index (χ4v) is 3.40. The molecule has 6 nitrogen and oxygen atoms in total. The lowest BCUT2D eigenvalue weighted by Gasteiger charge is -2.08. The Hall–Kier alpha value is -4.06. The van der Waals surface area contributed by atoms with Gasteiger partial charge in [-0.15, -0.1) is 0 Å². The Labute approximate surface area is 166 Å². The van der Waals surface area contributed by atoms with Gasteiger partial charge in [0.15, 0.2) is 0 Å². The van der Waals surface area contributed by atoms with Crippen molar-refractivity contribution in [1.82, 2.24) is 14.5 Å². The molecule has 2 aromatic carbocycles. The molecule has 0 aliphatic heterocycles. The lowest BCUT2D eigenvalue weighted by atomic mass is 10.1. The molecule has 3 heterocycles. The van der Waals surface area contributed by atoms with E-state index in [9.17, 15) is 4.79 Å². The van der Waals surface area contributed by atoms with Crippen LogP contribution in [0.1, 0.15) is 10.4 Å².